The van der Waals surface area contributed by atoms with Gasteiger partial charge in [0, 0.05) is 18.8 Å². The molecule has 1 aromatic heterocycles. The second-order valence-corrected chi connectivity index (χ2v) is 3.80. The number of imidazole rings is 1. The highest BCUT2D eigenvalue weighted by atomic mass is 16.6. The van der Waals surface area contributed by atoms with E-state index in [0.717, 1.165) is 22.9 Å². The van der Waals surface area contributed by atoms with Crippen LogP contribution < -0.4 is 15.2 Å². The van der Waals surface area contributed by atoms with Crippen molar-refractivity contribution in [1.82, 2.24) is 9.55 Å². The quantitative estimate of drug-likeness (QED) is 0.840. The standard InChI is InChI=1S/C12H13N3O2/c13-6-9-7-15(8-14-9)10-1-2-11-12(5-10)17-4-3-16-11/h1-2,5,7-8H,3-4,6,13H2. The molecule has 2 N–H and O–H groups in total. The van der Waals surface area contributed by atoms with Gasteiger partial charge in [-0.3, -0.25) is 0 Å². The maximum Gasteiger partial charge on any atom is 0.163 e. The highest BCUT2D eigenvalue weighted by Gasteiger charge is 2.12. The smallest absolute Gasteiger partial charge is 0.163 e. The summed E-state index contributed by atoms with van der Waals surface area (Å²) in [7, 11) is 0. The first-order valence-electron chi connectivity index (χ1n) is 5.50. The number of hydrogen-bond donors (Lipinski definition) is 1. The maximum atomic E-state index is 5.54. The summed E-state index contributed by atoms with van der Waals surface area (Å²) < 4.78 is 12.9. The fourth-order valence-electron chi connectivity index (χ4n) is 1.80. The number of nitrogens with two attached hydrogens (primary N) is 1. The lowest BCUT2D eigenvalue weighted by Gasteiger charge is -2.18. The molecule has 17 heavy (non-hydrogen) atoms. The predicted octanol–water partition coefficient (Wildman–Crippen LogP) is 1.10. The monoisotopic (exact) mass is 231 g/mol. The Morgan fingerprint density at radius 1 is 1.24 bits per heavy atom. The lowest BCUT2D eigenvalue weighted by Crippen LogP contribution is -2.15. The van der Waals surface area contributed by atoms with Crippen LogP contribution in [0.2, 0.25) is 0 Å². The third kappa shape index (κ3) is 1.85. The van der Waals surface area contributed by atoms with E-state index in [2.05, 4.69) is 4.98 Å². The van der Waals surface area contributed by atoms with Crippen LogP contribution in [0.4, 0.5) is 0 Å². The first kappa shape index (κ1) is 10.2. The van der Waals surface area contributed by atoms with Crippen LogP contribution in [-0.4, -0.2) is 22.8 Å². The van der Waals surface area contributed by atoms with Gasteiger partial charge in [-0.1, -0.05) is 0 Å². The molecule has 2 aromatic rings. The first-order valence-corrected chi connectivity index (χ1v) is 5.50. The third-order valence-corrected chi connectivity index (χ3v) is 2.67. The Balaban J connectivity index is 1.97. The normalized spacial score (nSPS) is 13.7. The van der Waals surface area contributed by atoms with E-state index in [4.69, 9.17) is 15.2 Å². The molecule has 0 atom stereocenters. The molecule has 5 heteroatoms. The highest BCUT2D eigenvalue weighted by Crippen LogP contribution is 2.31. The van der Waals surface area contributed by atoms with Gasteiger partial charge < -0.3 is 19.8 Å². The molecule has 1 aliphatic heterocycles. The van der Waals surface area contributed by atoms with Gasteiger partial charge in [0.15, 0.2) is 11.5 Å². The van der Waals surface area contributed by atoms with Crippen LogP contribution in [0.1, 0.15) is 5.69 Å². The van der Waals surface area contributed by atoms with E-state index in [1.807, 2.05) is 29.0 Å². The van der Waals surface area contributed by atoms with Gasteiger partial charge in [0.05, 0.1) is 17.7 Å². The molecule has 0 saturated heterocycles. The van der Waals surface area contributed by atoms with E-state index in [0.29, 0.717) is 19.8 Å². The molecule has 1 aromatic carbocycles. The van der Waals surface area contributed by atoms with E-state index in [9.17, 15) is 0 Å². The Hall–Kier alpha value is -2.01. The summed E-state index contributed by atoms with van der Waals surface area (Å²) in [6.07, 6.45) is 3.65. The van der Waals surface area contributed by atoms with Gasteiger partial charge in [0.1, 0.15) is 13.2 Å². The van der Waals surface area contributed by atoms with Crippen molar-refractivity contribution >= 4 is 0 Å². The fourth-order valence-corrected chi connectivity index (χ4v) is 1.80. The molecule has 0 fully saturated rings. The zero-order chi connectivity index (χ0) is 11.7. The molecular weight excluding hydrogens is 218 g/mol. The summed E-state index contributed by atoms with van der Waals surface area (Å²) in [6.45, 7) is 1.64. The van der Waals surface area contributed by atoms with Crippen molar-refractivity contribution < 1.29 is 9.47 Å². The number of ether oxygens (including phenoxy) is 2. The van der Waals surface area contributed by atoms with Crippen molar-refractivity contribution in [3.05, 3.63) is 36.4 Å². The lowest BCUT2D eigenvalue weighted by atomic mass is 10.2. The summed E-state index contributed by atoms with van der Waals surface area (Å²) in [4.78, 5) is 4.19. The van der Waals surface area contributed by atoms with Crippen LogP contribution in [0.15, 0.2) is 30.7 Å². The van der Waals surface area contributed by atoms with Gasteiger partial charge >= 0.3 is 0 Å². The first-order chi connectivity index (χ1) is 8.36. The molecule has 0 aliphatic carbocycles. The molecule has 0 spiro atoms. The van der Waals surface area contributed by atoms with Crippen LogP contribution in [0.25, 0.3) is 5.69 Å². The minimum Gasteiger partial charge on any atom is -0.486 e. The molecule has 3 rings (SSSR count). The van der Waals surface area contributed by atoms with Crippen molar-refractivity contribution in [2.45, 2.75) is 6.54 Å². The molecule has 0 radical (unpaired) electrons. The maximum absolute atomic E-state index is 5.54. The van der Waals surface area contributed by atoms with Crippen LogP contribution in [0, 0.1) is 0 Å². The van der Waals surface area contributed by atoms with Gasteiger partial charge in [0.25, 0.3) is 0 Å². The molecular formula is C12H13N3O2. The topological polar surface area (TPSA) is 62.3 Å². The highest BCUT2D eigenvalue weighted by molar-refractivity contribution is 5.49. The average Bonchev–Trinajstić information content (AvgIpc) is 2.87. The Bertz CT molecular complexity index is 536. The van der Waals surface area contributed by atoms with Crippen molar-refractivity contribution in [2.24, 2.45) is 5.73 Å². The van der Waals surface area contributed by atoms with E-state index in [1.54, 1.807) is 6.33 Å². The van der Waals surface area contributed by atoms with E-state index < -0.39 is 0 Å². The molecule has 88 valence electrons. The minimum absolute atomic E-state index is 0.442. The van der Waals surface area contributed by atoms with Crippen molar-refractivity contribution in [2.75, 3.05) is 13.2 Å². The molecule has 0 bridgehead atoms. The van der Waals surface area contributed by atoms with E-state index >= 15 is 0 Å². The minimum atomic E-state index is 0.442. The van der Waals surface area contributed by atoms with Gasteiger partial charge in [-0.25, -0.2) is 4.98 Å². The zero-order valence-electron chi connectivity index (χ0n) is 9.30. The molecule has 0 amide bonds. The average molecular weight is 231 g/mol. The number of nitrogens with zero attached hydrogens (tertiary/aromatic N) is 2. The third-order valence-electron chi connectivity index (χ3n) is 2.67. The predicted molar refractivity (Wildman–Crippen MR) is 62.4 cm³/mol. The number of hydrogen-bond acceptors (Lipinski definition) is 4. The largest absolute Gasteiger partial charge is 0.486 e. The van der Waals surface area contributed by atoms with Crippen LogP contribution in [-0.2, 0) is 6.54 Å². The second kappa shape index (κ2) is 4.10. The summed E-state index contributed by atoms with van der Waals surface area (Å²) in [6, 6.07) is 5.82. The Morgan fingerprint density at radius 2 is 2.06 bits per heavy atom. The van der Waals surface area contributed by atoms with Crippen molar-refractivity contribution in [3.63, 3.8) is 0 Å². The Kier molecular flexibility index (Phi) is 2.45. The Labute approximate surface area is 98.8 Å². The summed E-state index contributed by atoms with van der Waals surface area (Å²) >= 11 is 0. The summed E-state index contributed by atoms with van der Waals surface area (Å²) in [5.74, 6) is 1.57. The number of aromatic nitrogens is 2. The van der Waals surface area contributed by atoms with E-state index in [-0.39, 0.29) is 0 Å². The SMILES string of the molecule is NCc1cn(-c2ccc3c(c2)OCCO3)cn1. The molecule has 1 aliphatic rings. The Morgan fingerprint density at radius 3 is 2.82 bits per heavy atom. The van der Waals surface area contributed by atoms with E-state index in [1.165, 1.54) is 0 Å². The van der Waals surface area contributed by atoms with Gasteiger partial charge in [-0.05, 0) is 12.1 Å². The summed E-state index contributed by atoms with van der Waals surface area (Å²) in [5, 5.41) is 0. The second-order valence-electron chi connectivity index (χ2n) is 3.80. The molecule has 0 saturated carbocycles. The van der Waals surface area contributed by atoms with Crippen LogP contribution in [0.3, 0.4) is 0 Å². The molecule has 0 unspecified atom stereocenters. The molecule has 2 heterocycles. The number of fused-ring (bicyclic) bond motifs is 1. The number of benzene rings is 1. The fraction of sp³-hybridized carbons (Fsp3) is 0.250. The van der Waals surface area contributed by atoms with Gasteiger partial charge in [-0.2, -0.15) is 0 Å². The zero-order valence-corrected chi connectivity index (χ0v) is 9.30. The summed E-state index contributed by atoms with van der Waals surface area (Å²) in [5.41, 5.74) is 7.38. The van der Waals surface area contributed by atoms with Crippen molar-refractivity contribution in [3.8, 4) is 17.2 Å². The lowest BCUT2D eigenvalue weighted by molar-refractivity contribution is 0.171. The van der Waals surface area contributed by atoms with Crippen LogP contribution in [0.5, 0.6) is 11.5 Å². The number of rotatable bonds is 2. The molecule has 5 nitrogen and oxygen atoms in total. The van der Waals surface area contributed by atoms with Gasteiger partial charge in [-0.15, -0.1) is 0 Å². The van der Waals surface area contributed by atoms with Gasteiger partial charge in [0.2, 0.25) is 0 Å². The van der Waals surface area contributed by atoms with Crippen LogP contribution >= 0.6 is 0 Å². The van der Waals surface area contributed by atoms with Crippen molar-refractivity contribution in [1.29, 1.82) is 0 Å².